The Hall–Kier alpha value is -1.26. The summed E-state index contributed by atoms with van der Waals surface area (Å²) in [5.41, 5.74) is 3.27. The summed E-state index contributed by atoms with van der Waals surface area (Å²) in [6.07, 6.45) is 0.685. The minimum atomic E-state index is -0.0174. The Labute approximate surface area is 76.4 Å². The number of aryl methyl sites for hydroxylation is 1. The van der Waals surface area contributed by atoms with E-state index in [0.29, 0.717) is 12.0 Å². The van der Waals surface area contributed by atoms with Crippen molar-refractivity contribution in [2.45, 2.75) is 19.9 Å². The summed E-state index contributed by atoms with van der Waals surface area (Å²) in [5.74, 6) is 0.0675. The Bertz CT molecular complexity index is 299. The van der Waals surface area contributed by atoms with E-state index in [1.165, 1.54) is 6.07 Å². The number of benzene rings is 1. The van der Waals surface area contributed by atoms with Gasteiger partial charge in [0.25, 0.3) is 0 Å². The van der Waals surface area contributed by atoms with Crippen LogP contribution in [0.15, 0.2) is 12.1 Å². The molecule has 72 valence electrons. The van der Waals surface area contributed by atoms with Crippen LogP contribution in [0.4, 0.5) is 0 Å². The molecule has 0 unspecified atom stereocenters. The average molecular weight is 183 g/mol. The third kappa shape index (κ3) is 2.11. The van der Waals surface area contributed by atoms with Gasteiger partial charge in [-0.1, -0.05) is 6.92 Å². The minimum Gasteiger partial charge on any atom is -0.508 e. The van der Waals surface area contributed by atoms with Crippen molar-refractivity contribution in [3.63, 3.8) is 0 Å². The van der Waals surface area contributed by atoms with Crippen LogP contribution in [0.25, 0.3) is 0 Å². The van der Waals surface area contributed by atoms with Crippen molar-refractivity contribution in [2.75, 3.05) is 0 Å². The van der Waals surface area contributed by atoms with Crippen molar-refractivity contribution in [2.24, 2.45) is 0 Å². The van der Waals surface area contributed by atoms with Gasteiger partial charge in [-0.3, -0.25) is 0 Å². The maximum absolute atomic E-state index is 9.34. The van der Waals surface area contributed by atoms with Crippen LogP contribution in [0.1, 0.15) is 18.1 Å². The van der Waals surface area contributed by atoms with E-state index in [-0.39, 0.29) is 18.0 Å². The van der Waals surface area contributed by atoms with Crippen LogP contribution in [0.3, 0.4) is 0 Å². The normalized spacial score (nSPS) is 10.3. The molecule has 0 aliphatic heterocycles. The van der Waals surface area contributed by atoms with E-state index in [4.69, 9.17) is 5.21 Å². The van der Waals surface area contributed by atoms with E-state index >= 15 is 0 Å². The Morgan fingerprint density at radius 2 is 1.77 bits per heavy atom. The van der Waals surface area contributed by atoms with Gasteiger partial charge in [0.1, 0.15) is 11.5 Å². The maximum atomic E-state index is 9.34. The van der Waals surface area contributed by atoms with Gasteiger partial charge in [-0.2, -0.15) is 0 Å². The van der Waals surface area contributed by atoms with Crippen LogP contribution in [-0.2, 0) is 13.0 Å². The zero-order valence-electron chi connectivity index (χ0n) is 7.41. The lowest BCUT2D eigenvalue weighted by Crippen LogP contribution is -2.06. The van der Waals surface area contributed by atoms with E-state index in [1.807, 2.05) is 12.4 Å². The standard InChI is InChI=1S/C9H13NO3/c1-2-6-3-7(5-10-13)9(12)4-8(6)11/h3-4,10-13H,2,5H2,1H3. The summed E-state index contributed by atoms with van der Waals surface area (Å²) in [5, 5.41) is 27.1. The van der Waals surface area contributed by atoms with Crippen LogP contribution in [0, 0.1) is 0 Å². The molecule has 0 saturated heterocycles. The summed E-state index contributed by atoms with van der Waals surface area (Å²) < 4.78 is 0. The lowest BCUT2D eigenvalue weighted by atomic mass is 10.1. The van der Waals surface area contributed by atoms with Crippen molar-refractivity contribution < 1.29 is 15.4 Å². The molecule has 0 aliphatic carbocycles. The number of phenolic OH excluding ortho intramolecular Hbond substituents is 2. The fourth-order valence-electron chi connectivity index (χ4n) is 1.18. The topological polar surface area (TPSA) is 72.7 Å². The molecule has 1 rings (SSSR count). The molecule has 4 heteroatoms. The number of hydroxylamine groups is 1. The maximum Gasteiger partial charge on any atom is 0.123 e. The molecule has 0 saturated carbocycles. The molecule has 1 aromatic carbocycles. The Morgan fingerprint density at radius 1 is 1.15 bits per heavy atom. The molecule has 4 nitrogen and oxygen atoms in total. The van der Waals surface area contributed by atoms with Gasteiger partial charge in [-0.25, -0.2) is 5.48 Å². The summed E-state index contributed by atoms with van der Waals surface area (Å²) >= 11 is 0. The highest BCUT2D eigenvalue weighted by Gasteiger charge is 2.06. The fraction of sp³-hybridized carbons (Fsp3) is 0.333. The van der Waals surface area contributed by atoms with Crippen LogP contribution >= 0.6 is 0 Å². The third-order valence-corrected chi connectivity index (χ3v) is 1.93. The number of nitrogens with one attached hydrogen (secondary N) is 1. The van der Waals surface area contributed by atoms with Crippen LogP contribution in [0.2, 0.25) is 0 Å². The number of hydrogen-bond acceptors (Lipinski definition) is 4. The highest BCUT2D eigenvalue weighted by molar-refractivity contribution is 5.45. The average Bonchev–Trinajstić information content (AvgIpc) is 2.10. The van der Waals surface area contributed by atoms with E-state index in [0.717, 1.165) is 5.56 Å². The van der Waals surface area contributed by atoms with Crippen LogP contribution in [-0.4, -0.2) is 15.4 Å². The number of aromatic hydroxyl groups is 2. The minimum absolute atomic E-state index is 0.0174. The lowest BCUT2D eigenvalue weighted by Gasteiger charge is -2.07. The van der Waals surface area contributed by atoms with Crippen LogP contribution < -0.4 is 5.48 Å². The SMILES string of the molecule is CCc1cc(CNO)c(O)cc1O. The first-order chi connectivity index (χ1) is 6.19. The van der Waals surface area contributed by atoms with Gasteiger partial charge in [0.15, 0.2) is 0 Å². The lowest BCUT2D eigenvalue weighted by molar-refractivity contribution is 0.160. The monoisotopic (exact) mass is 183 g/mol. The van der Waals surface area contributed by atoms with Crippen molar-refractivity contribution in [1.82, 2.24) is 5.48 Å². The molecule has 0 fully saturated rings. The van der Waals surface area contributed by atoms with Gasteiger partial charge in [0.2, 0.25) is 0 Å². The number of phenols is 2. The first kappa shape index (κ1) is 9.83. The zero-order chi connectivity index (χ0) is 9.84. The molecule has 0 aliphatic rings. The van der Waals surface area contributed by atoms with Crippen molar-refractivity contribution in [1.29, 1.82) is 0 Å². The van der Waals surface area contributed by atoms with E-state index < -0.39 is 0 Å². The van der Waals surface area contributed by atoms with Gasteiger partial charge >= 0.3 is 0 Å². The molecular formula is C9H13NO3. The summed E-state index contributed by atoms with van der Waals surface area (Å²) in [4.78, 5) is 0. The molecule has 0 atom stereocenters. The highest BCUT2D eigenvalue weighted by Crippen LogP contribution is 2.27. The van der Waals surface area contributed by atoms with E-state index in [2.05, 4.69) is 0 Å². The van der Waals surface area contributed by atoms with Crippen molar-refractivity contribution >= 4 is 0 Å². The summed E-state index contributed by atoms with van der Waals surface area (Å²) in [7, 11) is 0. The molecule has 0 heterocycles. The van der Waals surface area contributed by atoms with Gasteiger partial charge in [0, 0.05) is 18.2 Å². The molecule has 0 amide bonds. The second kappa shape index (κ2) is 4.11. The van der Waals surface area contributed by atoms with E-state index in [9.17, 15) is 10.2 Å². The van der Waals surface area contributed by atoms with Crippen LogP contribution in [0.5, 0.6) is 11.5 Å². The third-order valence-electron chi connectivity index (χ3n) is 1.93. The summed E-state index contributed by atoms with van der Waals surface area (Å²) in [6.45, 7) is 2.07. The smallest absolute Gasteiger partial charge is 0.123 e. The number of rotatable bonds is 3. The Morgan fingerprint density at radius 3 is 2.31 bits per heavy atom. The molecule has 0 bridgehead atoms. The van der Waals surface area contributed by atoms with Gasteiger partial charge < -0.3 is 15.4 Å². The zero-order valence-corrected chi connectivity index (χ0v) is 7.41. The van der Waals surface area contributed by atoms with Gasteiger partial charge in [-0.05, 0) is 18.1 Å². The molecule has 1 aromatic rings. The van der Waals surface area contributed by atoms with Gasteiger partial charge in [0.05, 0.1) is 0 Å². The molecular weight excluding hydrogens is 170 g/mol. The Balaban J connectivity index is 3.06. The second-order valence-electron chi connectivity index (χ2n) is 2.80. The quantitative estimate of drug-likeness (QED) is 0.530. The van der Waals surface area contributed by atoms with Crippen molar-refractivity contribution in [3.05, 3.63) is 23.3 Å². The van der Waals surface area contributed by atoms with E-state index in [1.54, 1.807) is 6.07 Å². The predicted molar refractivity (Wildman–Crippen MR) is 47.8 cm³/mol. The first-order valence-electron chi connectivity index (χ1n) is 4.09. The summed E-state index contributed by atoms with van der Waals surface area (Å²) in [6, 6.07) is 2.94. The second-order valence-corrected chi connectivity index (χ2v) is 2.80. The highest BCUT2D eigenvalue weighted by atomic mass is 16.5. The molecule has 0 spiro atoms. The first-order valence-corrected chi connectivity index (χ1v) is 4.09. The largest absolute Gasteiger partial charge is 0.508 e. The fourth-order valence-corrected chi connectivity index (χ4v) is 1.18. The molecule has 4 N–H and O–H groups in total. The predicted octanol–water partition coefficient (Wildman–Crippen LogP) is 1.14. The van der Waals surface area contributed by atoms with Gasteiger partial charge in [-0.15, -0.1) is 0 Å². The number of hydrogen-bond donors (Lipinski definition) is 4. The molecule has 13 heavy (non-hydrogen) atoms. The van der Waals surface area contributed by atoms with Crippen molar-refractivity contribution in [3.8, 4) is 11.5 Å². The molecule has 0 radical (unpaired) electrons. The molecule has 0 aromatic heterocycles. The Kier molecular flexibility index (Phi) is 3.11.